The highest BCUT2D eigenvalue weighted by Gasteiger charge is 2.33. The fourth-order valence-electron chi connectivity index (χ4n) is 3.39. The predicted octanol–water partition coefficient (Wildman–Crippen LogP) is 2.83. The molecule has 0 radical (unpaired) electrons. The molecule has 2 saturated carbocycles. The summed E-state index contributed by atoms with van der Waals surface area (Å²) in [5, 5.41) is 9.13. The maximum absolute atomic E-state index is 9.13. The Balaban J connectivity index is 1.90. The maximum Gasteiger partial charge on any atom is 0.0459 e. The molecule has 4 atom stereocenters. The third-order valence-corrected chi connectivity index (χ3v) is 4.24. The zero-order chi connectivity index (χ0) is 9.26. The zero-order valence-corrected chi connectivity index (χ0v) is 8.71. The molecule has 0 heterocycles. The summed E-state index contributed by atoms with van der Waals surface area (Å²) in [7, 11) is 0. The van der Waals surface area contributed by atoms with Crippen molar-refractivity contribution in [2.24, 2.45) is 23.7 Å². The summed E-state index contributed by atoms with van der Waals surface area (Å²) in [5.74, 6) is 3.57. The van der Waals surface area contributed by atoms with Gasteiger partial charge in [-0.05, 0) is 55.8 Å². The number of hydrogen-bond donors (Lipinski definition) is 1. The minimum atomic E-state index is 0.429. The summed E-state index contributed by atoms with van der Waals surface area (Å²) in [6.07, 6.45) is 8.31. The number of aliphatic hydroxyl groups excluding tert-OH is 1. The van der Waals surface area contributed by atoms with Gasteiger partial charge < -0.3 is 5.11 Å². The van der Waals surface area contributed by atoms with Gasteiger partial charge in [-0.2, -0.15) is 0 Å². The van der Waals surface area contributed by atoms with Crippen LogP contribution in [0.4, 0.5) is 0 Å². The first kappa shape index (κ1) is 9.51. The Morgan fingerprint density at radius 1 is 1.00 bits per heavy atom. The van der Waals surface area contributed by atoms with Crippen LogP contribution in [0, 0.1) is 23.7 Å². The van der Waals surface area contributed by atoms with E-state index in [1.807, 2.05) is 0 Å². The van der Waals surface area contributed by atoms with Crippen LogP contribution >= 0.6 is 0 Å². The number of rotatable bonds is 1. The van der Waals surface area contributed by atoms with Crippen molar-refractivity contribution in [1.29, 1.82) is 0 Å². The fourth-order valence-corrected chi connectivity index (χ4v) is 3.39. The fraction of sp³-hybridized carbons (Fsp3) is 1.00. The van der Waals surface area contributed by atoms with Crippen LogP contribution in [0.5, 0.6) is 0 Å². The molecule has 76 valence electrons. The zero-order valence-electron chi connectivity index (χ0n) is 8.71. The van der Waals surface area contributed by atoms with E-state index in [1.165, 1.54) is 38.5 Å². The summed E-state index contributed by atoms with van der Waals surface area (Å²) in [6, 6.07) is 0. The van der Waals surface area contributed by atoms with Crippen LogP contribution in [0.1, 0.15) is 45.4 Å². The Morgan fingerprint density at radius 2 is 1.69 bits per heavy atom. The number of aliphatic hydroxyl groups is 1. The standard InChI is InChI=1S/C12H22O/c1-9-2-4-12-7-10(8-13)3-5-11(12)6-9/h9-13H,2-8H2,1H3. The highest BCUT2D eigenvalue weighted by atomic mass is 16.3. The van der Waals surface area contributed by atoms with Crippen molar-refractivity contribution < 1.29 is 5.11 Å². The smallest absolute Gasteiger partial charge is 0.0459 e. The van der Waals surface area contributed by atoms with Gasteiger partial charge in [-0.3, -0.25) is 0 Å². The highest BCUT2D eigenvalue weighted by molar-refractivity contribution is 4.84. The van der Waals surface area contributed by atoms with Gasteiger partial charge in [-0.25, -0.2) is 0 Å². The lowest BCUT2D eigenvalue weighted by atomic mass is 9.65. The van der Waals surface area contributed by atoms with Gasteiger partial charge in [0.25, 0.3) is 0 Å². The largest absolute Gasteiger partial charge is 0.396 e. The first-order chi connectivity index (χ1) is 6.29. The van der Waals surface area contributed by atoms with Gasteiger partial charge >= 0.3 is 0 Å². The lowest BCUT2D eigenvalue weighted by Crippen LogP contribution is -2.31. The minimum Gasteiger partial charge on any atom is -0.396 e. The van der Waals surface area contributed by atoms with Gasteiger partial charge in [-0.1, -0.05) is 13.3 Å². The van der Waals surface area contributed by atoms with E-state index in [0.717, 1.165) is 17.8 Å². The van der Waals surface area contributed by atoms with E-state index >= 15 is 0 Å². The van der Waals surface area contributed by atoms with Crippen LogP contribution in [0.2, 0.25) is 0 Å². The number of fused-ring (bicyclic) bond motifs is 1. The van der Waals surface area contributed by atoms with E-state index in [2.05, 4.69) is 6.92 Å². The van der Waals surface area contributed by atoms with Gasteiger partial charge in [0.15, 0.2) is 0 Å². The molecule has 0 aromatic rings. The average Bonchev–Trinajstić information content (AvgIpc) is 2.17. The summed E-state index contributed by atoms with van der Waals surface area (Å²) < 4.78 is 0. The molecular weight excluding hydrogens is 160 g/mol. The Labute approximate surface area is 81.5 Å². The van der Waals surface area contributed by atoms with E-state index in [0.29, 0.717) is 12.5 Å². The van der Waals surface area contributed by atoms with Crippen LogP contribution in [0.3, 0.4) is 0 Å². The highest BCUT2D eigenvalue weighted by Crippen LogP contribution is 2.44. The second-order valence-corrected chi connectivity index (χ2v) is 5.30. The van der Waals surface area contributed by atoms with Crippen LogP contribution in [0.25, 0.3) is 0 Å². The van der Waals surface area contributed by atoms with Crippen molar-refractivity contribution in [2.75, 3.05) is 6.61 Å². The molecule has 2 fully saturated rings. The first-order valence-electron chi connectivity index (χ1n) is 5.90. The molecular formula is C12H22O. The molecule has 1 N–H and O–H groups in total. The van der Waals surface area contributed by atoms with Crippen molar-refractivity contribution in [2.45, 2.75) is 45.4 Å². The molecule has 0 bridgehead atoms. The SMILES string of the molecule is CC1CCC2CC(CO)CCC2C1. The summed E-state index contributed by atoms with van der Waals surface area (Å²) >= 11 is 0. The maximum atomic E-state index is 9.13. The van der Waals surface area contributed by atoms with Crippen molar-refractivity contribution in [3.63, 3.8) is 0 Å². The van der Waals surface area contributed by atoms with Gasteiger partial charge in [0.05, 0.1) is 0 Å². The lowest BCUT2D eigenvalue weighted by Gasteiger charge is -2.41. The second kappa shape index (κ2) is 4.00. The lowest BCUT2D eigenvalue weighted by molar-refractivity contribution is 0.0756. The summed E-state index contributed by atoms with van der Waals surface area (Å²) in [4.78, 5) is 0. The van der Waals surface area contributed by atoms with Crippen molar-refractivity contribution in [3.8, 4) is 0 Å². The van der Waals surface area contributed by atoms with Crippen molar-refractivity contribution >= 4 is 0 Å². The summed E-state index contributed by atoms with van der Waals surface area (Å²) in [6.45, 7) is 2.83. The van der Waals surface area contributed by atoms with E-state index in [4.69, 9.17) is 5.11 Å². The van der Waals surface area contributed by atoms with E-state index < -0.39 is 0 Å². The second-order valence-electron chi connectivity index (χ2n) is 5.30. The molecule has 4 unspecified atom stereocenters. The van der Waals surface area contributed by atoms with Gasteiger partial charge in [-0.15, -0.1) is 0 Å². The first-order valence-corrected chi connectivity index (χ1v) is 5.90. The molecule has 2 aliphatic carbocycles. The van der Waals surface area contributed by atoms with E-state index in [-0.39, 0.29) is 0 Å². The Hall–Kier alpha value is -0.0400. The van der Waals surface area contributed by atoms with Crippen molar-refractivity contribution in [3.05, 3.63) is 0 Å². The molecule has 0 aromatic heterocycles. The normalized spacial score (nSPS) is 45.7. The van der Waals surface area contributed by atoms with Gasteiger partial charge in [0, 0.05) is 6.61 Å². The van der Waals surface area contributed by atoms with Crippen LogP contribution in [-0.2, 0) is 0 Å². The van der Waals surface area contributed by atoms with Crippen molar-refractivity contribution in [1.82, 2.24) is 0 Å². The Bertz CT molecular complexity index is 167. The molecule has 2 rings (SSSR count). The molecule has 13 heavy (non-hydrogen) atoms. The molecule has 0 spiro atoms. The molecule has 1 heteroatoms. The summed E-state index contributed by atoms with van der Waals surface area (Å²) in [5.41, 5.74) is 0. The minimum absolute atomic E-state index is 0.429. The monoisotopic (exact) mass is 182 g/mol. The third-order valence-electron chi connectivity index (χ3n) is 4.24. The van der Waals surface area contributed by atoms with Crippen LogP contribution in [-0.4, -0.2) is 11.7 Å². The molecule has 2 aliphatic rings. The predicted molar refractivity (Wildman–Crippen MR) is 54.4 cm³/mol. The molecule has 0 aliphatic heterocycles. The van der Waals surface area contributed by atoms with Crippen LogP contribution in [0.15, 0.2) is 0 Å². The van der Waals surface area contributed by atoms with Gasteiger partial charge in [0.1, 0.15) is 0 Å². The Morgan fingerprint density at radius 3 is 2.46 bits per heavy atom. The number of hydrogen-bond acceptors (Lipinski definition) is 1. The molecule has 1 nitrogen and oxygen atoms in total. The van der Waals surface area contributed by atoms with E-state index in [9.17, 15) is 0 Å². The quantitative estimate of drug-likeness (QED) is 0.661. The third kappa shape index (κ3) is 2.07. The van der Waals surface area contributed by atoms with E-state index in [1.54, 1.807) is 0 Å². The molecule has 0 aromatic carbocycles. The molecule has 0 amide bonds. The van der Waals surface area contributed by atoms with Gasteiger partial charge in [0.2, 0.25) is 0 Å². The Kier molecular flexibility index (Phi) is 2.92. The molecule has 0 saturated heterocycles. The van der Waals surface area contributed by atoms with Crippen LogP contribution < -0.4 is 0 Å². The topological polar surface area (TPSA) is 20.2 Å². The average molecular weight is 182 g/mol.